The van der Waals surface area contributed by atoms with Crippen LogP contribution in [0.1, 0.15) is 149 Å². The van der Waals surface area contributed by atoms with Gasteiger partial charge in [-0.15, -0.1) is 0 Å². The molecule has 0 fully saturated rings. The van der Waals surface area contributed by atoms with Crippen LogP contribution in [-0.4, -0.2) is 28.3 Å². The summed E-state index contributed by atoms with van der Waals surface area (Å²) < 4.78 is 12.9. The van der Waals surface area contributed by atoms with Crippen molar-refractivity contribution in [3.63, 3.8) is 0 Å². The number of hydrogen-bond acceptors (Lipinski definition) is 3. The number of hydrogen-bond donors (Lipinski definition) is 1. The highest BCUT2D eigenvalue weighted by atomic mass is 28.4. The predicted octanol–water partition coefficient (Wildman–Crippen LogP) is 9.53. The van der Waals surface area contributed by atoms with Gasteiger partial charge in [0.2, 0.25) is 0 Å². The Morgan fingerprint density at radius 2 is 0.848 bits per heavy atom. The molecule has 0 saturated heterocycles. The Balaban J connectivity index is 3.83. The smallest absolute Gasteiger partial charge is 0.335 e. The fraction of sp³-hybridized carbons (Fsp3) is 1.00. The minimum absolute atomic E-state index is 0.488. The predicted molar refractivity (Wildman–Crippen MR) is 150 cm³/mol. The molecule has 4 heteroatoms. The second-order valence-corrected chi connectivity index (χ2v) is 14.0. The van der Waals surface area contributed by atoms with Gasteiger partial charge in [-0.3, -0.25) is 0 Å². The van der Waals surface area contributed by atoms with Crippen molar-refractivity contribution in [2.45, 2.75) is 162 Å². The van der Waals surface area contributed by atoms with Gasteiger partial charge in [-0.1, -0.05) is 136 Å². The molecule has 0 amide bonds. The van der Waals surface area contributed by atoms with Crippen molar-refractivity contribution in [1.82, 2.24) is 0 Å². The summed E-state index contributed by atoms with van der Waals surface area (Å²) in [5.41, 5.74) is 5.91. The maximum atomic E-state index is 6.43. The van der Waals surface area contributed by atoms with Crippen molar-refractivity contribution in [1.29, 1.82) is 0 Å². The first-order valence-corrected chi connectivity index (χ1v) is 17.6. The van der Waals surface area contributed by atoms with E-state index in [0.29, 0.717) is 5.92 Å². The van der Waals surface area contributed by atoms with Crippen LogP contribution in [0.3, 0.4) is 0 Å². The van der Waals surface area contributed by atoms with E-state index in [1.54, 1.807) is 0 Å². The Morgan fingerprint density at radius 1 is 0.545 bits per heavy atom. The third kappa shape index (κ3) is 23.6. The first-order chi connectivity index (χ1) is 16.1. The molecule has 0 aromatic heterocycles. The Bertz CT molecular complexity index is 355. The molecule has 0 aromatic rings. The molecule has 0 heterocycles. The second kappa shape index (κ2) is 25.2. The average Bonchev–Trinajstić information content (AvgIpc) is 2.81. The molecular weight excluding hydrogens is 422 g/mol. The summed E-state index contributed by atoms with van der Waals surface area (Å²) >= 11 is 0. The van der Waals surface area contributed by atoms with Gasteiger partial charge in [0, 0.05) is 13.2 Å². The quantitative estimate of drug-likeness (QED) is 0.0930. The number of rotatable bonds is 27. The summed E-state index contributed by atoms with van der Waals surface area (Å²) in [5.74, 6) is 0.488. The SMILES string of the molecule is CCCCCCCCCCCCO[Si](C)(CC(C)CN)OCCCCCCCCCCCC. The first kappa shape index (κ1) is 33.1. The molecule has 3 nitrogen and oxygen atoms in total. The zero-order valence-corrected chi connectivity index (χ0v) is 24.4. The highest BCUT2D eigenvalue weighted by molar-refractivity contribution is 6.66. The standard InChI is InChI=1S/C29H63NO2Si/c1-5-7-9-11-13-15-17-19-21-23-25-31-33(4,28-29(3)27-30)32-26-24-22-20-18-16-14-12-10-8-6-2/h29H,5-28,30H2,1-4H3. The van der Waals surface area contributed by atoms with E-state index in [1.165, 1.54) is 128 Å². The lowest BCUT2D eigenvalue weighted by Gasteiger charge is -2.29. The average molecular weight is 486 g/mol. The molecule has 1 atom stereocenters. The highest BCUT2D eigenvalue weighted by Crippen LogP contribution is 2.21. The van der Waals surface area contributed by atoms with E-state index in [0.717, 1.165) is 25.8 Å². The Hall–Kier alpha value is 0.0969. The molecule has 200 valence electrons. The Kier molecular flexibility index (Phi) is 25.3. The molecule has 1 unspecified atom stereocenters. The van der Waals surface area contributed by atoms with Crippen LogP contribution >= 0.6 is 0 Å². The van der Waals surface area contributed by atoms with Gasteiger partial charge in [0.05, 0.1) is 0 Å². The molecule has 0 saturated carbocycles. The van der Waals surface area contributed by atoms with E-state index in [-0.39, 0.29) is 0 Å². The minimum atomic E-state index is -2.10. The normalized spacial score (nSPS) is 13.0. The molecule has 0 aromatic carbocycles. The van der Waals surface area contributed by atoms with Gasteiger partial charge >= 0.3 is 8.56 Å². The highest BCUT2D eigenvalue weighted by Gasteiger charge is 2.33. The summed E-state index contributed by atoms with van der Waals surface area (Å²) in [6.07, 6.45) is 27.3. The lowest BCUT2D eigenvalue weighted by Crippen LogP contribution is -2.42. The maximum Gasteiger partial charge on any atom is 0.335 e. The van der Waals surface area contributed by atoms with E-state index in [9.17, 15) is 0 Å². The zero-order valence-electron chi connectivity index (χ0n) is 23.4. The van der Waals surface area contributed by atoms with Crippen molar-refractivity contribution in [3.8, 4) is 0 Å². The summed E-state index contributed by atoms with van der Waals surface area (Å²) in [4.78, 5) is 0. The second-order valence-electron chi connectivity index (χ2n) is 10.7. The fourth-order valence-corrected chi connectivity index (χ4v) is 7.53. The molecule has 0 radical (unpaired) electrons. The Morgan fingerprint density at radius 3 is 1.15 bits per heavy atom. The largest absolute Gasteiger partial charge is 0.394 e. The van der Waals surface area contributed by atoms with Crippen molar-refractivity contribution >= 4 is 8.56 Å². The van der Waals surface area contributed by atoms with E-state index >= 15 is 0 Å². The summed E-state index contributed by atoms with van der Waals surface area (Å²) in [5, 5.41) is 0. The molecule has 0 aliphatic heterocycles. The van der Waals surface area contributed by atoms with Gasteiger partial charge in [0.25, 0.3) is 0 Å². The van der Waals surface area contributed by atoms with Crippen LogP contribution in [-0.2, 0) is 8.85 Å². The molecule has 2 N–H and O–H groups in total. The molecule has 0 bridgehead atoms. The van der Waals surface area contributed by atoms with Crippen LogP contribution in [0.25, 0.3) is 0 Å². The van der Waals surface area contributed by atoms with Crippen molar-refractivity contribution < 1.29 is 8.85 Å². The monoisotopic (exact) mass is 485 g/mol. The first-order valence-electron chi connectivity index (χ1n) is 15.1. The van der Waals surface area contributed by atoms with Gasteiger partial charge in [-0.05, 0) is 37.9 Å². The summed E-state index contributed by atoms with van der Waals surface area (Å²) in [6, 6.07) is 1.03. The minimum Gasteiger partial charge on any atom is -0.394 e. The zero-order chi connectivity index (χ0) is 24.5. The van der Waals surface area contributed by atoms with E-state index < -0.39 is 8.56 Å². The van der Waals surface area contributed by atoms with Gasteiger partial charge in [0.15, 0.2) is 0 Å². The number of unbranched alkanes of at least 4 members (excludes halogenated alkanes) is 18. The summed E-state index contributed by atoms with van der Waals surface area (Å²) in [7, 11) is -2.10. The fourth-order valence-electron chi connectivity index (χ4n) is 4.63. The van der Waals surface area contributed by atoms with Gasteiger partial charge in [0.1, 0.15) is 0 Å². The lowest BCUT2D eigenvalue weighted by molar-refractivity contribution is 0.163. The lowest BCUT2D eigenvalue weighted by atomic mass is 10.1. The van der Waals surface area contributed by atoms with Crippen LogP contribution < -0.4 is 5.73 Å². The number of nitrogens with two attached hydrogens (primary N) is 1. The van der Waals surface area contributed by atoms with E-state index in [1.807, 2.05) is 0 Å². The molecule has 0 spiro atoms. The van der Waals surface area contributed by atoms with E-state index in [4.69, 9.17) is 14.6 Å². The molecule has 0 rings (SSSR count). The third-order valence-corrected chi connectivity index (χ3v) is 10.0. The molecule has 0 aliphatic carbocycles. The van der Waals surface area contributed by atoms with Crippen molar-refractivity contribution in [3.05, 3.63) is 0 Å². The van der Waals surface area contributed by atoms with Crippen LogP contribution in [0.2, 0.25) is 12.6 Å². The van der Waals surface area contributed by atoms with Gasteiger partial charge < -0.3 is 14.6 Å². The molecule has 0 aliphatic rings. The maximum absolute atomic E-state index is 6.43. The molecular formula is C29H63NO2Si. The molecule has 33 heavy (non-hydrogen) atoms. The third-order valence-electron chi connectivity index (χ3n) is 6.93. The van der Waals surface area contributed by atoms with Crippen molar-refractivity contribution in [2.75, 3.05) is 19.8 Å². The van der Waals surface area contributed by atoms with Crippen LogP contribution in [0.4, 0.5) is 0 Å². The van der Waals surface area contributed by atoms with Crippen LogP contribution in [0, 0.1) is 5.92 Å². The van der Waals surface area contributed by atoms with Crippen molar-refractivity contribution in [2.24, 2.45) is 11.7 Å². The topological polar surface area (TPSA) is 44.5 Å². The van der Waals surface area contributed by atoms with Gasteiger partial charge in [-0.2, -0.15) is 0 Å². The van der Waals surface area contributed by atoms with Crippen LogP contribution in [0.5, 0.6) is 0 Å². The van der Waals surface area contributed by atoms with E-state index in [2.05, 4.69) is 27.3 Å². The van der Waals surface area contributed by atoms with Gasteiger partial charge in [-0.25, -0.2) is 0 Å². The Labute approximate surface area is 210 Å². The van der Waals surface area contributed by atoms with Crippen LogP contribution in [0.15, 0.2) is 0 Å². The summed E-state index contributed by atoms with van der Waals surface area (Å²) in [6.45, 7) is 11.5.